The van der Waals surface area contributed by atoms with Gasteiger partial charge in [0.15, 0.2) is 0 Å². The number of rotatable bonds is 9. The molecule has 4 N–H and O–H groups in total. The topological polar surface area (TPSA) is 148 Å². The van der Waals surface area contributed by atoms with Gasteiger partial charge in [0, 0.05) is 25.0 Å². The van der Waals surface area contributed by atoms with Crippen molar-refractivity contribution < 1.29 is 22.6 Å². The van der Waals surface area contributed by atoms with E-state index in [0.29, 0.717) is 25.9 Å². The van der Waals surface area contributed by atoms with E-state index in [4.69, 9.17) is 9.81 Å². The predicted molar refractivity (Wildman–Crippen MR) is 85.3 cm³/mol. The van der Waals surface area contributed by atoms with Crippen LogP contribution in [0.2, 0.25) is 0 Å². The lowest BCUT2D eigenvalue weighted by molar-refractivity contribution is -0.112. The average Bonchev–Trinajstić information content (AvgIpc) is 2.54. The zero-order chi connectivity index (χ0) is 18.0. The molecule has 2 amide bonds. The third-order valence-electron chi connectivity index (χ3n) is 2.75. The molecule has 0 saturated heterocycles. The van der Waals surface area contributed by atoms with E-state index < -0.39 is 16.0 Å². The molecule has 0 unspecified atom stereocenters. The largest absolute Gasteiger partial charge is 0.390 e. The summed E-state index contributed by atoms with van der Waals surface area (Å²) in [6.07, 6.45) is 2.45. The van der Waals surface area contributed by atoms with Crippen molar-refractivity contribution in [3.63, 3.8) is 0 Å². The Labute approximate surface area is 139 Å². The molecule has 9 nitrogen and oxygen atoms in total. The van der Waals surface area contributed by atoms with Gasteiger partial charge in [0.1, 0.15) is 11.6 Å². The molecule has 1 aromatic rings. The third-order valence-corrected chi connectivity index (χ3v) is 3.61. The second-order valence-electron chi connectivity index (χ2n) is 4.50. The van der Waals surface area contributed by atoms with Crippen LogP contribution in [0, 0.1) is 11.3 Å². The number of hydrogen-bond acceptors (Lipinski definition) is 6. The molecule has 0 aliphatic heterocycles. The standard InChI is InChI=1S/C14H16N4O5S/c15-8-11(9-16-6-1-7-17-10-19)14(20)18-12-2-4-13(5-3-12)24(21,22)23/h2-5,9-10,16H,1,6-7H2,(H,17,19)(H,18,20)(H,21,22,23)/b11-9-. The van der Waals surface area contributed by atoms with Gasteiger partial charge >= 0.3 is 0 Å². The van der Waals surface area contributed by atoms with Gasteiger partial charge in [-0.05, 0) is 30.7 Å². The predicted octanol–water partition coefficient (Wildman–Crippen LogP) is 0.00498. The van der Waals surface area contributed by atoms with E-state index in [1.165, 1.54) is 18.3 Å². The maximum absolute atomic E-state index is 11.9. The number of carbonyl (C=O) groups excluding carboxylic acids is 2. The van der Waals surface area contributed by atoms with Crippen LogP contribution in [0.15, 0.2) is 40.9 Å². The number of carbonyl (C=O) groups is 2. The molecule has 0 heterocycles. The summed E-state index contributed by atoms with van der Waals surface area (Å²) in [5, 5.41) is 16.7. The summed E-state index contributed by atoms with van der Waals surface area (Å²) in [6.45, 7) is 0.931. The maximum atomic E-state index is 11.9. The molecule has 0 fully saturated rings. The van der Waals surface area contributed by atoms with E-state index in [9.17, 15) is 18.0 Å². The van der Waals surface area contributed by atoms with Gasteiger partial charge in [-0.15, -0.1) is 0 Å². The lowest BCUT2D eigenvalue weighted by atomic mass is 10.2. The first-order valence-electron chi connectivity index (χ1n) is 6.78. The first-order chi connectivity index (χ1) is 11.4. The van der Waals surface area contributed by atoms with Crippen LogP contribution in [0.1, 0.15) is 6.42 Å². The van der Waals surface area contributed by atoms with Gasteiger partial charge in [-0.1, -0.05) is 0 Å². The van der Waals surface area contributed by atoms with Gasteiger partial charge in [-0.2, -0.15) is 13.7 Å². The monoisotopic (exact) mass is 352 g/mol. The molecular weight excluding hydrogens is 336 g/mol. The minimum absolute atomic E-state index is 0.169. The fourth-order valence-corrected chi connectivity index (χ4v) is 2.06. The van der Waals surface area contributed by atoms with Gasteiger partial charge in [0.2, 0.25) is 6.41 Å². The Kier molecular flexibility index (Phi) is 7.41. The zero-order valence-electron chi connectivity index (χ0n) is 12.5. The molecule has 1 aromatic carbocycles. The fourth-order valence-electron chi connectivity index (χ4n) is 1.58. The van der Waals surface area contributed by atoms with Crippen molar-refractivity contribution in [1.82, 2.24) is 10.6 Å². The number of nitrogens with zero attached hydrogens (tertiary/aromatic N) is 1. The van der Waals surface area contributed by atoms with Crippen molar-refractivity contribution in [2.45, 2.75) is 11.3 Å². The molecule has 0 aromatic heterocycles. The van der Waals surface area contributed by atoms with Gasteiger partial charge in [0.05, 0.1) is 4.90 Å². The second kappa shape index (κ2) is 9.29. The number of hydrogen-bond donors (Lipinski definition) is 4. The van der Waals surface area contributed by atoms with Crippen LogP contribution in [-0.2, 0) is 19.7 Å². The molecule has 0 radical (unpaired) electrons. The molecule has 1 rings (SSSR count). The summed E-state index contributed by atoms with van der Waals surface area (Å²) in [5.74, 6) is -0.671. The molecule has 10 heteroatoms. The van der Waals surface area contributed by atoms with E-state index in [0.717, 1.165) is 12.1 Å². The van der Waals surface area contributed by atoms with Gasteiger partial charge in [-0.25, -0.2) is 0 Å². The molecule has 0 spiro atoms. The van der Waals surface area contributed by atoms with Gasteiger partial charge in [-0.3, -0.25) is 14.1 Å². The molecule has 0 aliphatic carbocycles. The number of amides is 2. The van der Waals surface area contributed by atoms with Gasteiger partial charge < -0.3 is 16.0 Å². The van der Waals surface area contributed by atoms with E-state index >= 15 is 0 Å². The minimum Gasteiger partial charge on any atom is -0.390 e. The molecule has 0 atom stereocenters. The van der Waals surface area contributed by atoms with Crippen LogP contribution in [0.4, 0.5) is 5.69 Å². The Morgan fingerprint density at radius 1 is 1.21 bits per heavy atom. The second-order valence-corrected chi connectivity index (χ2v) is 5.92. The number of benzene rings is 1. The SMILES string of the molecule is N#C/C(=C/NCCCNC=O)C(=O)Nc1ccc(S(=O)(=O)O)cc1. The molecule has 0 saturated carbocycles. The summed E-state index contributed by atoms with van der Waals surface area (Å²) in [4.78, 5) is 21.7. The molecule has 24 heavy (non-hydrogen) atoms. The van der Waals surface area contributed by atoms with Crippen molar-refractivity contribution in [3.05, 3.63) is 36.0 Å². The first kappa shape index (κ1) is 19.1. The van der Waals surface area contributed by atoms with Crippen LogP contribution in [-0.4, -0.2) is 38.4 Å². The van der Waals surface area contributed by atoms with Crippen molar-refractivity contribution in [2.75, 3.05) is 18.4 Å². The third kappa shape index (κ3) is 6.47. The summed E-state index contributed by atoms with van der Waals surface area (Å²) < 4.78 is 30.7. The van der Waals surface area contributed by atoms with E-state index in [1.807, 2.05) is 0 Å². The van der Waals surface area contributed by atoms with Crippen LogP contribution in [0.25, 0.3) is 0 Å². The highest BCUT2D eigenvalue weighted by atomic mass is 32.2. The lowest BCUT2D eigenvalue weighted by Crippen LogP contribution is -2.20. The highest BCUT2D eigenvalue weighted by Gasteiger charge is 2.11. The number of anilines is 1. The Morgan fingerprint density at radius 2 is 1.83 bits per heavy atom. The number of nitriles is 1. The van der Waals surface area contributed by atoms with Crippen molar-refractivity contribution >= 4 is 28.1 Å². The Morgan fingerprint density at radius 3 is 2.38 bits per heavy atom. The Bertz CT molecular complexity index is 750. The molecule has 0 aliphatic rings. The number of nitrogens with one attached hydrogen (secondary N) is 3. The zero-order valence-corrected chi connectivity index (χ0v) is 13.3. The van der Waals surface area contributed by atoms with Crippen molar-refractivity contribution in [1.29, 1.82) is 5.26 Å². The maximum Gasteiger partial charge on any atom is 0.294 e. The summed E-state index contributed by atoms with van der Waals surface area (Å²) in [6, 6.07) is 6.56. The van der Waals surface area contributed by atoms with Crippen LogP contribution in [0.5, 0.6) is 0 Å². The van der Waals surface area contributed by atoms with Crippen LogP contribution in [0.3, 0.4) is 0 Å². The Hall–Kier alpha value is -2.90. The minimum atomic E-state index is -4.30. The Balaban J connectivity index is 2.61. The van der Waals surface area contributed by atoms with Crippen LogP contribution < -0.4 is 16.0 Å². The lowest BCUT2D eigenvalue weighted by Gasteiger charge is -2.06. The van der Waals surface area contributed by atoms with E-state index in [2.05, 4.69) is 16.0 Å². The fraction of sp³-hybridized carbons (Fsp3) is 0.214. The molecule has 0 bridgehead atoms. The van der Waals surface area contributed by atoms with Crippen molar-refractivity contribution in [3.8, 4) is 6.07 Å². The quantitative estimate of drug-likeness (QED) is 0.161. The first-order valence-corrected chi connectivity index (χ1v) is 8.22. The van der Waals surface area contributed by atoms with Gasteiger partial charge in [0.25, 0.3) is 16.0 Å². The average molecular weight is 352 g/mol. The normalized spacial score (nSPS) is 11.2. The smallest absolute Gasteiger partial charge is 0.294 e. The van der Waals surface area contributed by atoms with Crippen LogP contribution >= 0.6 is 0 Å². The highest BCUT2D eigenvalue weighted by molar-refractivity contribution is 7.85. The molecular formula is C14H16N4O5S. The summed E-state index contributed by atoms with van der Waals surface area (Å²) >= 11 is 0. The van der Waals surface area contributed by atoms with E-state index in [-0.39, 0.29) is 16.2 Å². The summed E-state index contributed by atoms with van der Waals surface area (Å²) in [7, 11) is -4.30. The molecule has 128 valence electrons. The summed E-state index contributed by atoms with van der Waals surface area (Å²) in [5.41, 5.74) is 0.0981. The highest BCUT2D eigenvalue weighted by Crippen LogP contribution is 2.14. The van der Waals surface area contributed by atoms with E-state index in [1.54, 1.807) is 6.07 Å². The van der Waals surface area contributed by atoms with Crippen molar-refractivity contribution in [2.24, 2.45) is 0 Å².